The lowest BCUT2D eigenvalue weighted by Gasteiger charge is -2.46. The van der Waals surface area contributed by atoms with Gasteiger partial charge in [-0.1, -0.05) is 24.2 Å². The van der Waals surface area contributed by atoms with E-state index < -0.39 is 110 Å². The summed E-state index contributed by atoms with van der Waals surface area (Å²) in [6.45, 7) is -6.92. The van der Waals surface area contributed by atoms with Gasteiger partial charge in [0, 0.05) is 34.1 Å². The van der Waals surface area contributed by atoms with Crippen molar-refractivity contribution < 1.29 is 36.9 Å². The molecule has 3 aliphatic rings. The highest BCUT2D eigenvalue weighted by Gasteiger charge is 2.47. The van der Waals surface area contributed by atoms with E-state index in [0.29, 0.717) is 4.90 Å². The van der Waals surface area contributed by atoms with Crippen LogP contribution in [0.3, 0.4) is 0 Å². The quantitative estimate of drug-likeness (QED) is 0.677. The first-order chi connectivity index (χ1) is 19.3. The fraction of sp³-hybridized carbons (Fsp3) is 0.273. The number of carbonyl (C=O) groups excluding carboxylic acids is 2. The van der Waals surface area contributed by atoms with Crippen molar-refractivity contribution in [3.8, 4) is 11.5 Å². The van der Waals surface area contributed by atoms with Gasteiger partial charge in [-0.15, -0.1) is 0 Å². The van der Waals surface area contributed by atoms with Crippen molar-refractivity contribution in [1.29, 1.82) is 0 Å². The number of fused-ring (bicyclic) bond motifs is 5. The molecule has 0 saturated carbocycles. The van der Waals surface area contributed by atoms with E-state index in [4.69, 9.17) is 25.9 Å². The predicted molar refractivity (Wildman–Crippen MR) is 105 cm³/mol. The van der Waals surface area contributed by atoms with Gasteiger partial charge in [0.2, 0.25) is 18.6 Å². The van der Waals surface area contributed by atoms with Crippen LogP contribution in [-0.2, 0) is 16.0 Å². The molecule has 2 aromatic carbocycles. The number of likely N-dealkylation sites (N-methyl/N-ethyl adjacent to an activating group) is 1. The minimum Gasteiger partial charge on any atom is -0.454 e. The molecule has 1 aromatic heterocycles. The third kappa shape index (κ3) is 2.24. The molecule has 2 atom stereocenters. The minimum absolute atomic E-state index is 0.0554. The van der Waals surface area contributed by atoms with Crippen LogP contribution >= 0.6 is 0 Å². The second-order valence-electron chi connectivity index (χ2n) is 6.68. The summed E-state index contributed by atoms with van der Waals surface area (Å²) >= 11 is 0. The van der Waals surface area contributed by atoms with E-state index in [1.54, 1.807) is 0 Å². The number of nitrogens with zero attached hydrogens (tertiary/aromatic N) is 2. The van der Waals surface area contributed by atoms with Crippen molar-refractivity contribution in [2.45, 2.75) is 18.5 Å². The number of ether oxygens (including phenoxy) is 2. The van der Waals surface area contributed by atoms with Gasteiger partial charge in [-0.2, -0.15) is 0 Å². The average Bonchev–Trinajstić information content (AvgIpc) is 3.43. The highest BCUT2D eigenvalue weighted by Crippen LogP contribution is 2.44. The number of aromatic amines is 1. The Morgan fingerprint density at radius 3 is 3.00 bits per heavy atom. The second-order valence-corrected chi connectivity index (χ2v) is 6.68. The van der Waals surface area contributed by atoms with Crippen molar-refractivity contribution in [1.82, 2.24) is 14.8 Å². The number of para-hydroxylation sites is 1. The summed E-state index contributed by atoms with van der Waals surface area (Å²) in [4.78, 5) is 31.1. The number of benzene rings is 2. The van der Waals surface area contributed by atoms with Crippen LogP contribution in [0.4, 0.5) is 0 Å². The Bertz CT molecular complexity index is 1770. The Balaban J connectivity index is 1.73. The number of aromatic nitrogens is 1. The summed E-state index contributed by atoms with van der Waals surface area (Å²) < 4.78 is 117. The van der Waals surface area contributed by atoms with Gasteiger partial charge in [-0.05, 0) is 29.3 Å². The molecule has 2 amide bonds. The Labute approximate surface area is 185 Å². The lowest BCUT2D eigenvalue weighted by Crippen LogP contribution is -2.62. The number of hydrogen-bond donors (Lipinski definition) is 1. The van der Waals surface area contributed by atoms with Crippen LogP contribution in [0.2, 0.25) is 0 Å². The summed E-state index contributed by atoms with van der Waals surface area (Å²) in [6.07, 6.45) is -0.709. The van der Waals surface area contributed by atoms with Crippen LogP contribution in [0.15, 0.2) is 42.3 Å². The fourth-order valence-electron chi connectivity index (χ4n) is 3.89. The molecule has 7 nitrogen and oxygen atoms in total. The summed E-state index contributed by atoms with van der Waals surface area (Å²) in [5.74, 6) is -3.53. The molecule has 7 heteroatoms. The lowest BCUT2D eigenvalue weighted by molar-refractivity contribution is -0.157. The van der Waals surface area contributed by atoms with Gasteiger partial charge in [-0.25, -0.2) is 0 Å². The molecule has 0 aliphatic carbocycles. The maximum Gasteiger partial charge on any atom is 0.245 e. The molecule has 146 valence electrons. The van der Waals surface area contributed by atoms with Crippen molar-refractivity contribution in [2.24, 2.45) is 0 Å². The zero-order chi connectivity index (χ0) is 31.0. The molecule has 1 saturated heterocycles. The summed E-state index contributed by atoms with van der Waals surface area (Å²) in [6, 6.07) is -9.00. The largest absolute Gasteiger partial charge is 0.454 e. The van der Waals surface area contributed by atoms with Crippen molar-refractivity contribution in [3.63, 3.8) is 0 Å². The van der Waals surface area contributed by atoms with E-state index >= 15 is 0 Å². The Morgan fingerprint density at radius 2 is 2.10 bits per heavy atom. The number of piperazine rings is 1. The molecule has 4 heterocycles. The van der Waals surface area contributed by atoms with Crippen LogP contribution in [0.5, 0.6) is 11.5 Å². The van der Waals surface area contributed by atoms with Crippen molar-refractivity contribution in [2.75, 3.05) is 20.3 Å². The van der Waals surface area contributed by atoms with E-state index in [0.717, 1.165) is 0 Å². The van der Waals surface area contributed by atoms with Crippen LogP contribution in [0.1, 0.15) is 40.7 Å². The minimum atomic E-state index is -3.12. The highest BCUT2D eigenvalue weighted by atomic mass is 16.7. The molecular formula is C22H19N3O4. The maximum absolute atomic E-state index is 13.7. The molecule has 1 unspecified atom stereocenters. The molecule has 1 N–H and O–H groups in total. The standard InChI is InChI=1S/C22H19N3O4/c1-24-10-19(26)25-16(22(24)27)9-14-13-4-2-3-5-15(13)23-20(14)21(25)12-6-7-17-18(8-12)29-11-28-17/h2-8,16,21,23H,9-11H2,1H3/t16-,21?/m1/s1/i1D3,2D,3D,4D,5D,6D,7D,8D,11D2,16D. The van der Waals surface area contributed by atoms with Crippen molar-refractivity contribution in [3.05, 3.63) is 59.1 Å². The SMILES string of the molecule is [2H]c1c([2H])c(C2c3[nH]c4c([2H])c([2H])c([2H])c([2H])c4c3C[C@]3([2H])C(=O)N(C([2H])([2H])[2H])CC(=O)N23)c([2H])c2c1OC([2H])([2H])O2. The molecule has 1 fully saturated rings. The monoisotopic (exact) mass is 402 g/mol. The molecule has 0 bridgehead atoms. The average molecular weight is 402 g/mol. The van der Waals surface area contributed by atoms with Gasteiger partial charge in [-0.3, -0.25) is 9.59 Å². The van der Waals surface area contributed by atoms with Gasteiger partial charge in [0.1, 0.15) is 8.76 Å². The number of hydrogen-bond acceptors (Lipinski definition) is 4. The second kappa shape index (κ2) is 5.76. The first-order valence-electron chi connectivity index (χ1n) is 15.1. The van der Waals surface area contributed by atoms with Crippen LogP contribution in [-0.4, -0.2) is 52.9 Å². The third-order valence-corrected chi connectivity index (χ3v) is 5.12. The zero-order valence-electron chi connectivity index (χ0n) is 27.5. The molecule has 0 radical (unpaired) electrons. The van der Waals surface area contributed by atoms with Gasteiger partial charge in [0.05, 0.1) is 23.6 Å². The normalized spacial score (nSPS) is 33.9. The molecule has 6 rings (SSSR count). The Morgan fingerprint density at radius 1 is 1.24 bits per heavy atom. The van der Waals surface area contributed by atoms with Crippen molar-refractivity contribution >= 4 is 22.7 Å². The number of carbonyl (C=O) groups is 2. The summed E-state index contributed by atoms with van der Waals surface area (Å²) in [5, 5.41) is -0.139. The molecule has 0 spiro atoms. The number of rotatable bonds is 1. The molecular weight excluding hydrogens is 370 g/mol. The molecule has 3 aromatic rings. The number of H-pyrrole nitrogens is 1. The topological polar surface area (TPSA) is 74.9 Å². The smallest absolute Gasteiger partial charge is 0.245 e. The van der Waals surface area contributed by atoms with Gasteiger partial charge in [0.25, 0.3) is 0 Å². The lowest BCUT2D eigenvalue weighted by atomic mass is 9.86. The fourth-order valence-corrected chi connectivity index (χ4v) is 3.89. The number of nitrogens with one attached hydrogen (secondary N) is 1. The van der Waals surface area contributed by atoms with Crippen LogP contribution in [0.25, 0.3) is 10.9 Å². The molecule has 29 heavy (non-hydrogen) atoms. The first kappa shape index (κ1) is 8.10. The van der Waals surface area contributed by atoms with Crippen LogP contribution < -0.4 is 9.47 Å². The summed E-state index contributed by atoms with van der Waals surface area (Å²) in [5.41, 5.74) is -0.803. The van der Waals surface area contributed by atoms with Crippen LogP contribution in [0, 0.1) is 0 Å². The summed E-state index contributed by atoms with van der Waals surface area (Å²) in [7, 11) is 0. The number of amides is 2. The third-order valence-electron chi connectivity index (χ3n) is 5.12. The first-order valence-corrected chi connectivity index (χ1v) is 8.58. The van der Waals surface area contributed by atoms with Gasteiger partial charge in [0.15, 0.2) is 11.5 Å². The van der Waals surface area contributed by atoms with E-state index in [1.165, 1.54) is 0 Å². The predicted octanol–water partition coefficient (Wildman–Crippen LogP) is 2.21. The Hall–Kier alpha value is -3.48. The Kier molecular flexibility index (Phi) is 1.61. The van der Waals surface area contributed by atoms with E-state index in [-0.39, 0.29) is 27.1 Å². The van der Waals surface area contributed by atoms with Gasteiger partial charge >= 0.3 is 0 Å². The zero-order valence-corrected chi connectivity index (χ0v) is 14.5. The van der Waals surface area contributed by atoms with E-state index in [1.807, 2.05) is 0 Å². The maximum atomic E-state index is 13.7. The van der Waals surface area contributed by atoms with Gasteiger partial charge < -0.3 is 24.3 Å². The highest BCUT2D eigenvalue weighted by molar-refractivity contribution is 5.97. The molecule has 3 aliphatic heterocycles. The van der Waals surface area contributed by atoms with E-state index in [9.17, 15) is 11.0 Å². The van der Waals surface area contributed by atoms with E-state index in [2.05, 4.69) is 4.98 Å².